The van der Waals surface area contributed by atoms with Crippen LogP contribution in [0.2, 0.25) is 0 Å². The van der Waals surface area contributed by atoms with Crippen LogP contribution in [0.4, 0.5) is 11.4 Å². The third kappa shape index (κ3) is 6.18. The molecule has 162 valence electrons. The van der Waals surface area contributed by atoms with E-state index in [1.807, 2.05) is 37.3 Å². The van der Waals surface area contributed by atoms with Crippen LogP contribution in [0.15, 0.2) is 77.7 Å². The Hall–Kier alpha value is -3.12. The lowest BCUT2D eigenvalue weighted by Crippen LogP contribution is -2.18. The first-order chi connectivity index (χ1) is 14.9. The summed E-state index contributed by atoms with van der Waals surface area (Å²) in [6.45, 7) is 4.10. The quantitative estimate of drug-likeness (QED) is 0.418. The molecule has 5 nitrogen and oxygen atoms in total. The lowest BCUT2D eigenvalue weighted by Gasteiger charge is -2.13. The summed E-state index contributed by atoms with van der Waals surface area (Å²) in [7, 11) is -3.83. The smallest absolute Gasteiger partial charge is 0.261 e. The number of para-hydroxylation sites is 1. The maximum absolute atomic E-state index is 13.0. The number of sulfonamides is 1. The molecule has 0 aliphatic rings. The molecule has 3 aromatic rings. The van der Waals surface area contributed by atoms with Gasteiger partial charge in [-0.25, -0.2) is 8.42 Å². The molecule has 0 unspecified atom stereocenters. The molecule has 0 aromatic heterocycles. The largest absolute Gasteiger partial charge is 0.322 e. The molecule has 0 atom stereocenters. The zero-order chi connectivity index (χ0) is 22.3. The number of nitrogens with one attached hydrogen (secondary N) is 2. The van der Waals surface area contributed by atoms with Gasteiger partial charge >= 0.3 is 0 Å². The van der Waals surface area contributed by atoms with E-state index in [1.165, 1.54) is 0 Å². The van der Waals surface area contributed by atoms with Gasteiger partial charge in [-0.2, -0.15) is 0 Å². The molecule has 0 heterocycles. The predicted molar refractivity (Wildman–Crippen MR) is 126 cm³/mol. The van der Waals surface area contributed by atoms with Gasteiger partial charge < -0.3 is 5.32 Å². The Morgan fingerprint density at radius 3 is 2.39 bits per heavy atom. The molecule has 0 fully saturated rings. The maximum atomic E-state index is 13.0. The number of unbranched alkanes of at least 4 members (excludes halogenated alkanes) is 2. The van der Waals surface area contributed by atoms with E-state index in [4.69, 9.17) is 0 Å². The third-order valence-corrected chi connectivity index (χ3v) is 6.37. The fraction of sp³-hybridized carbons (Fsp3) is 0.240. The molecule has 0 spiro atoms. The number of rotatable bonds is 9. The van der Waals surface area contributed by atoms with Gasteiger partial charge in [0.1, 0.15) is 0 Å². The first-order valence-electron chi connectivity index (χ1n) is 10.5. The van der Waals surface area contributed by atoms with Crippen LogP contribution < -0.4 is 10.0 Å². The van der Waals surface area contributed by atoms with E-state index < -0.39 is 10.0 Å². The molecule has 3 rings (SSSR count). The molecule has 3 aromatic carbocycles. The van der Waals surface area contributed by atoms with Crippen LogP contribution in [0.1, 0.15) is 47.7 Å². The van der Waals surface area contributed by atoms with Gasteiger partial charge in [0.15, 0.2) is 0 Å². The fourth-order valence-corrected chi connectivity index (χ4v) is 4.41. The van der Waals surface area contributed by atoms with E-state index in [0.717, 1.165) is 36.8 Å². The molecule has 0 bridgehead atoms. The zero-order valence-corrected chi connectivity index (χ0v) is 18.7. The van der Waals surface area contributed by atoms with Gasteiger partial charge in [-0.05, 0) is 61.7 Å². The van der Waals surface area contributed by atoms with Gasteiger partial charge in [-0.15, -0.1) is 0 Å². The number of amides is 1. The van der Waals surface area contributed by atoms with Gasteiger partial charge in [0.25, 0.3) is 15.9 Å². The van der Waals surface area contributed by atoms with Crippen molar-refractivity contribution in [3.8, 4) is 0 Å². The molecule has 2 N–H and O–H groups in total. The SMILES string of the molecule is CCCCCc1cccc(S(=O)(=O)Nc2ccccc2C(=O)Nc2ccc(C)cc2)c1. The van der Waals surface area contributed by atoms with E-state index >= 15 is 0 Å². The average molecular weight is 437 g/mol. The Kier molecular flexibility index (Phi) is 7.47. The first-order valence-corrected chi connectivity index (χ1v) is 12.0. The molecular formula is C25H28N2O3S. The van der Waals surface area contributed by atoms with Crippen molar-refractivity contribution in [2.24, 2.45) is 0 Å². The number of carbonyl (C=O) groups excluding carboxylic acids is 1. The van der Waals surface area contributed by atoms with Crippen molar-refractivity contribution in [1.29, 1.82) is 0 Å². The summed E-state index contributed by atoms with van der Waals surface area (Å²) >= 11 is 0. The fourth-order valence-electron chi connectivity index (χ4n) is 3.26. The minimum Gasteiger partial charge on any atom is -0.322 e. The Bertz CT molecular complexity index is 1140. The summed E-state index contributed by atoms with van der Waals surface area (Å²) in [4.78, 5) is 13.0. The summed E-state index contributed by atoms with van der Waals surface area (Å²) in [6, 6.07) is 21.0. The van der Waals surface area contributed by atoms with E-state index in [-0.39, 0.29) is 22.1 Å². The summed E-state index contributed by atoms with van der Waals surface area (Å²) in [5.41, 5.74) is 3.21. The Morgan fingerprint density at radius 1 is 0.903 bits per heavy atom. The van der Waals surface area contributed by atoms with Gasteiger partial charge in [-0.1, -0.05) is 61.7 Å². The van der Waals surface area contributed by atoms with Gasteiger partial charge in [0, 0.05) is 5.69 Å². The van der Waals surface area contributed by atoms with Crippen LogP contribution in [-0.4, -0.2) is 14.3 Å². The van der Waals surface area contributed by atoms with Crippen molar-refractivity contribution in [1.82, 2.24) is 0 Å². The lowest BCUT2D eigenvalue weighted by molar-refractivity contribution is 0.102. The minimum absolute atomic E-state index is 0.190. The van der Waals surface area contributed by atoms with Crippen LogP contribution in [0, 0.1) is 6.92 Å². The van der Waals surface area contributed by atoms with Crippen LogP contribution >= 0.6 is 0 Å². The Balaban J connectivity index is 1.80. The molecule has 1 amide bonds. The van der Waals surface area contributed by atoms with E-state index in [0.29, 0.717) is 5.69 Å². The summed E-state index contributed by atoms with van der Waals surface area (Å²) in [5, 5.41) is 2.82. The Morgan fingerprint density at radius 2 is 1.65 bits per heavy atom. The number of hydrogen-bond acceptors (Lipinski definition) is 3. The Labute approximate surface area is 184 Å². The zero-order valence-electron chi connectivity index (χ0n) is 17.9. The van der Waals surface area contributed by atoms with Gasteiger partial charge in [0.2, 0.25) is 0 Å². The van der Waals surface area contributed by atoms with Crippen LogP contribution in [-0.2, 0) is 16.4 Å². The van der Waals surface area contributed by atoms with E-state index in [9.17, 15) is 13.2 Å². The molecule has 0 aliphatic heterocycles. The average Bonchev–Trinajstić information content (AvgIpc) is 2.76. The highest BCUT2D eigenvalue weighted by molar-refractivity contribution is 7.92. The number of carbonyl (C=O) groups is 1. The highest BCUT2D eigenvalue weighted by Gasteiger charge is 2.19. The highest BCUT2D eigenvalue weighted by Crippen LogP contribution is 2.22. The van der Waals surface area contributed by atoms with Crippen molar-refractivity contribution in [3.63, 3.8) is 0 Å². The van der Waals surface area contributed by atoms with Crippen molar-refractivity contribution in [2.45, 2.75) is 44.4 Å². The predicted octanol–water partition coefficient (Wildman–Crippen LogP) is 5.78. The second-order valence-electron chi connectivity index (χ2n) is 7.58. The molecule has 0 saturated heterocycles. The molecule has 31 heavy (non-hydrogen) atoms. The second-order valence-corrected chi connectivity index (χ2v) is 9.26. The maximum Gasteiger partial charge on any atom is 0.261 e. The summed E-state index contributed by atoms with van der Waals surface area (Å²) in [5.74, 6) is -0.379. The molecule has 0 saturated carbocycles. The first kappa shape index (κ1) is 22.6. The van der Waals surface area contributed by atoms with Crippen molar-refractivity contribution in [2.75, 3.05) is 10.0 Å². The monoisotopic (exact) mass is 436 g/mol. The highest BCUT2D eigenvalue weighted by atomic mass is 32.2. The number of aryl methyl sites for hydroxylation is 2. The van der Waals surface area contributed by atoms with E-state index in [2.05, 4.69) is 17.0 Å². The molecule has 6 heteroatoms. The van der Waals surface area contributed by atoms with Crippen LogP contribution in [0.5, 0.6) is 0 Å². The van der Waals surface area contributed by atoms with Crippen LogP contribution in [0.3, 0.4) is 0 Å². The van der Waals surface area contributed by atoms with Gasteiger partial charge in [-0.3, -0.25) is 9.52 Å². The van der Waals surface area contributed by atoms with Gasteiger partial charge in [0.05, 0.1) is 16.1 Å². The normalized spacial score (nSPS) is 11.2. The molecule has 0 aliphatic carbocycles. The number of hydrogen-bond donors (Lipinski definition) is 2. The van der Waals surface area contributed by atoms with E-state index in [1.54, 1.807) is 42.5 Å². The van der Waals surface area contributed by atoms with Crippen molar-refractivity contribution >= 4 is 27.3 Å². The number of benzene rings is 3. The van der Waals surface area contributed by atoms with Crippen molar-refractivity contribution in [3.05, 3.63) is 89.5 Å². The number of anilines is 2. The standard InChI is InChI=1S/C25H28N2O3S/c1-3-4-5-9-20-10-8-11-22(18-20)31(29,30)27-24-13-7-6-12-23(24)25(28)26-21-16-14-19(2)15-17-21/h6-8,10-18,27H,3-5,9H2,1-2H3,(H,26,28). The molecule has 0 radical (unpaired) electrons. The minimum atomic E-state index is -3.83. The lowest BCUT2D eigenvalue weighted by atomic mass is 10.1. The topological polar surface area (TPSA) is 75.3 Å². The molecular weight excluding hydrogens is 408 g/mol. The summed E-state index contributed by atoms with van der Waals surface area (Å²) < 4.78 is 28.6. The summed E-state index contributed by atoms with van der Waals surface area (Å²) in [6.07, 6.45) is 4.09. The second kappa shape index (κ2) is 10.3. The van der Waals surface area contributed by atoms with Crippen LogP contribution in [0.25, 0.3) is 0 Å². The third-order valence-electron chi connectivity index (χ3n) is 5.00. The van der Waals surface area contributed by atoms with Crippen molar-refractivity contribution < 1.29 is 13.2 Å².